The summed E-state index contributed by atoms with van der Waals surface area (Å²) in [5.74, 6) is 1.74. The van der Waals surface area contributed by atoms with E-state index in [1.54, 1.807) is 18.2 Å². The van der Waals surface area contributed by atoms with E-state index in [-0.39, 0.29) is 5.75 Å². The van der Waals surface area contributed by atoms with Crippen molar-refractivity contribution in [3.05, 3.63) is 30.1 Å². The van der Waals surface area contributed by atoms with Crippen molar-refractivity contribution < 1.29 is 9.63 Å². The number of phenols is 1. The average molecular weight is 272 g/mol. The van der Waals surface area contributed by atoms with Crippen LogP contribution >= 0.6 is 0 Å². The van der Waals surface area contributed by atoms with Gasteiger partial charge < -0.3 is 9.63 Å². The molecule has 1 heterocycles. The maximum Gasteiger partial charge on any atom is 0.261 e. The lowest BCUT2D eigenvalue weighted by Crippen LogP contribution is -2.20. The minimum atomic E-state index is 0.174. The molecule has 1 aliphatic carbocycles. The molecule has 106 valence electrons. The Morgan fingerprint density at radius 2 is 1.90 bits per heavy atom. The molecule has 0 spiro atoms. The van der Waals surface area contributed by atoms with Crippen LogP contribution in [0.4, 0.5) is 0 Å². The molecule has 1 aromatic carbocycles. The summed E-state index contributed by atoms with van der Waals surface area (Å²) >= 11 is 0. The molecular formula is C16H20N2O2. The van der Waals surface area contributed by atoms with E-state index in [0.717, 1.165) is 18.7 Å². The molecule has 0 unspecified atom stereocenters. The summed E-state index contributed by atoms with van der Waals surface area (Å²) < 4.78 is 5.32. The van der Waals surface area contributed by atoms with Crippen LogP contribution in [0.15, 0.2) is 28.8 Å². The van der Waals surface area contributed by atoms with Gasteiger partial charge in [-0.3, -0.25) is 0 Å². The molecule has 0 radical (unpaired) electrons. The largest absolute Gasteiger partial charge is 0.507 e. The molecule has 3 rings (SSSR count). The van der Waals surface area contributed by atoms with E-state index >= 15 is 0 Å². The second-order valence-electron chi connectivity index (χ2n) is 6.41. The summed E-state index contributed by atoms with van der Waals surface area (Å²) in [6, 6.07) is 7.04. The normalized spacial score (nSPS) is 19.1. The van der Waals surface area contributed by atoms with Crippen molar-refractivity contribution in [3.8, 4) is 17.2 Å². The average Bonchev–Trinajstić information content (AvgIpc) is 2.88. The number of aromatic hydroxyl groups is 1. The highest BCUT2D eigenvalue weighted by Gasteiger charge is 2.30. The second-order valence-corrected chi connectivity index (χ2v) is 6.41. The molecule has 1 aromatic heterocycles. The van der Waals surface area contributed by atoms with Crippen LogP contribution in [0, 0.1) is 5.41 Å². The highest BCUT2D eigenvalue weighted by Crippen LogP contribution is 2.42. The monoisotopic (exact) mass is 272 g/mol. The van der Waals surface area contributed by atoms with Gasteiger partial charge in [0.15, 0.2) is 5.82 Å². The Bertz CT molecular complexity index is 594. The molecule has 2 aromatic rings. The van der Waals surface area contributed by atoms with Crippen molar-refractivity contribution in [1.29, 1.82) is 0 Å². The van der Waals surface area contributed by atoms with Crippen LogP contribution in [0.3, 0.4) is 0 Å². The molecular weight excluding hydrogens is 252 g/mol. The van der Waals surface area contributed by atoms with Gasteiger partial charge in [-0.25, -0.2) is 0 Å². The molecule has 1 fully saturated rings. The lowest BCUT2D eigenvalue weighted by molar-refractivity contribution is 0.218. The van der Waals surface area contributed by atoms with Crippen molar-refractivity contribution in [2.24, 2.45) is 5.41 Å². The first-order valence-corrected chi connectivity index (χ1v) is 7.17. The predicted molar refractivity (Wildman–Crippen MR) is 76.4 cm³/mol. The quantitative estimate of drug-likeness (QED) is 0.893. The van der Waals surface area contributed by atoms with Crippen LogP contribution in [-0.2, 0) is 0 Å². The van der Waals surface area contributed by atoms with Gasteiger partial charge in [-0.05, 0) is 43.2 Å². The summed E-state index contributed by atoms with van der Waals surface area (Å²) in [7, 11) is 0. The van der Waals surface area contributed by atoms with Crippen molar-refractivity contribution in [3.63, 3.8) is 0 Å². The van der Waals surface area contributed by atoms with Gasteiger partial charge in [-0.1, -0.05) is 31.1 Å². The van der Waals surface area contributed by atoms with Gasteiger partial charge in [0.25, 0.3) is 5.89 Å². The molecule has 1 aliphatic rings. The standard InChI is InChI=1S/C16H20N2O2/c1-16(2)9-7-11(8-10-16)14-17-15(20-18-14)12-5-3-4-6-13(12)19/h3-6,11,19H,7-10H2,1-2H3. The van der Waals surface area contributed by atoms with Crippen LogP contribution in [0.1, 0.15) is 51.3 Å². The molecule has 0 amide bonds. The van der Waals surface area contributed by atoms with E-state index < -0.39 is 0 Å². The van der Waals surface area contributed by atoms with Gasteiger partial charge in [0.05, 0.1) is 5.56 Å². The number of nitrogens with zero attached hydrogens (tertiary/aromatic N) is 2. The molecule has 1 N–H and O–H groups in total. The van der Waals surface area contributed by atoms with E-state index in [9.17, 15) is 5.11 Å². The number of aromatic nitrogens is 2. The van der Waals surface area contributed by atoms with Crippen LogP contribution in [0.2, 0.25) is 0 Å². The molecule has 1 saturated carbocycles. The van der Waals surface area contributed by atoms with Crippen LogP contribution in [0.5, 0.6) is 5.75 Å². The molecule has 0 atom stereocenters. The smallest absolute Gasteiger partial charge is 0.261 e. The third kappa shape index (κ3) is 2.55. The Hall–Kier alpha value is -1.84. The zero-order chi connectivity index (χ0) is 14.2. The lowest BCUT2D eigenvalue weighted by Gasteiger charge is -2.32. The Morgan fingerprint density at radius 1 is 1.20 bits per heavy atom. The number of phenolic OH excluding ortho intramolecular Hbond substituents is 1. The highest BCUT2D eigenvalue weighted by molar-refractivity contribution is 5.61. The first kappa shape index (κ1) is 13.2. The third-order valence-corrected chi connectivity index (χ3v) is 4.28. The van der Waals surface area contributed by atoms with Crippen molar-refractivity contribution in [2.75, 3.05) is 0 Å². The summed E-state index contributed by atoms with van der Waals surface area (Å²) in [6.07, 6.45) is 4.59. The maximum absolute atomic E-state index is 9.82. The Balaban J connectivity index is 1.80. The molecule has 4 heteroatoms. The fourth-order valence-corrected chi connectivity index (χ4v) is 2.82. The zero-order valence-electron chi connectivity index (χ0n) is 12.0. The highest BCUT2D eigenvalue weighted by atomic mass is 16.5. The van der Waals surface area contributed by atoms with Crippen molar-refractivity contribution in [1.82, 2.24) is 10.1 Å². The van der Waals surface area contributed by atoms with Crippen molar-refractivity contribution in [2.45, 2.75) is 45.4 Å². The first-order chi connectivity index (χ1) is 9.55. The number of rotatable bonds is 2. The van der Waals surface area contributed by atoms with Crippen LogP contribution in [-0.4, -0.2) is 15.2 Å². The molecule has 4 nitrogen and oxygen atoms in total. The fourth-order valence-electron chi connectivity index (χ4n) is 2.82. The van der Waals surface area contributed by atoms with Gasteiger partial charge >= 0.3 is 0 Å². The van der Waals surface area contributed by atoms with Gasteiger partial charge in [0.2, 0.25) is 0 Å². The van der Waals surface area contributed by atoms with E-state index in [0.29, 0.717) is 22.8 Å². The van der Waals surface area contributed by atoms with Crippen LogP contribution < -0.4 is 0 Å². The minimum absolute atomic E-state index is 0.174. The van der Waals surface area contributed by atoms with E-state index in [1.165, 1.54) is 12.8 Å². The number of hydrogen-bond acceptors (Lipinski definition) is 4. The van der Waals surface area contributed by atoms with E-state index in [4.69, 9.17) is 4.52 Å². The maximum atomic E-state index is 9.82. The van der Waals surface area contributed by atoms with Gasteiger partial charge in [0, 0.05) is 5.92 Å². The second kappa shape index (κ2) is 4.93. The van der Waals surface area contributed by atoms with E-state index in [2.05, 4.69) is 24.0 Å². The summed E-state index contributed by atoms with van der Waals surface area (Å²) in [4.78, 5) is 4.47. The zero-order valence-corrected chi connectivity index (χ0v) is 12.0. The first-order valence-electron chi connectivity index (χ1n) is 7.17. The Morgan fingerprint density at radius 3 is 2.60 bits per heavy atom. The summed E-state index contributed by atoms with van der Waals surface area (Å²) in [6.45, 7) is 4.62. The van der Waals surface area contributed by atoms with Gasteiger partial charge in [-0.15, -0.1) is 0 Å². The summed E-state index contributed by atoms with van der Waals surface area (Å²) in [5.41, 5.74) is 1.03. The van der Waals surface area contributed by atoms with Crippen molar-refractivity contribution >= 4 is 0 Å². The number of para-hydroxylation sites is 1. The molecule has 0 saturated heterocycles. The van der Waals surface area contributed by atoms with Gasteiger partial charge in [-0.2, -0.15) is 4.98 Å². The fraction of sp³-hybridized carbons (Fsp3) is 0.500. The molecule has 0 aliphatic heterocycles. The third-order valence-electron chi connectivity index (χ3n) is 4.28. The minimum Gasteiger partial charge on any atom is -0.507 e. The lowest BCUT2D eigenvalue weighted by atomic mass is 9.73. The predicted octanol–water partition coefficient (Wildman–Crippen LogP) is 4.13. The van der Waals surface area contributed by atoms with Crippen LogP contribution in [0.25, 0.3) is 11.5 Å². The Labute approximate surface area is 118 Å². The SMILES string of the molecule is CC1(C)CCC(c2noc(-c3ccccc3O)n2)CC1. The Kier molecular flexibility index (Phi) is 3.24. The van der Waals surface area contributed by atoms with Gasteiger partial charge in [0.1, 0.15) is 5.75 Å². The molecule has 0 bridgehead atoms. The topological polar surface area (TPSA) is 59.2 Å². The summed E-state index contributed by atoms with van der Waals surface area (Å²) in [5, 5.41) is 13.9. The van der Waals surface area contributed by atoms with E-state index in [1.807, 2.05) is 6.07 Å². The molecule has 20 heavy (non-hydrogen) atoms. The number of benzene rings is 1. The number of hydrogen-bond donors (Lipinski definition) is 1.